The number of ketones is 1. The molecule has 196 valence electrons. The Bertz CT molecular complexity index is 1360. The van der Waals surface area contributed by atoms with Crippen molar-refractivity contribution in [1.29, 1.82) is 0 Å². The standard InChI is InChI=1S/C28H32N2O6S/c1-19-10-13-23(14-11-19)37(34,35)18-22(16-27(29)32)28(33)30-25(17-36-2)26(31)15-12-21-8-5-7-20-6-3-4-9-24(20)21/h3-11,13-14,22,25H,12,15-18H2,1-2H3,(H2,29,32)(H,30,33)/t22-,25+/m1/s1. The van der Waals surface area contributed by atoms with Gasteiger partial charge in [0.15, 0.2) is 15.6 Å². The van der Waals surface area contributed by atoms with E-state index in [4.69, 9.17) is 10.5 Å². The van der Waals surface area contributed by atoms with E-state index in [0.29, 0.717) is 6.42 Å². The first-order valence-corrected chi connectivity index (χ1v) is 13.6. The monoisotopic (exact) mass is 524 g/mol. The lowest BCUT2D eigenvalue weighted by molar-refractivity contribution is -0.132. The second-order valence-corrected chi connectivity index (χ2v) is 11.1. The first-order chi connectivity index (χ1) is 17.6. The molecule has 0 aliphatic carbocycles. The first kappa shape index (κ1) is 28.0. The first-order valence-electron chi connectivity index (χ1n) is 12.0. The van der Waals surface area contributed by atoms with E-state index in [1.807, 2.05) is 49.4 Å². The summed E-state index contributed by atoms with van der Waals surface area (Å²) in [5, 5.41) is 4.71. The van der Waals surface area contributed by atoms with Crippen molar-refractivity contribution >= 4 is 38.2 Å². The minimum absolute atomic E-state index is 0.0416. The third-order valence-corrected chi connectivity index (χ3v) is 8.01. The number of nitrogens with one attached hydrogen (secondary N) is 1. The molecular formula is C28H32N2O6S. The maximum absolute atomic E-state index is 13.1. The molecule has 9 heteroatoms. The summed E-state index contributed by atoms with van der Waals surface area (Å²) in [4.78, 5) is 37.8. The molecule has 3 aromatic rings. The molecule has 2 atom stereocenters. The summed E-state index contributed by atoms with van der Waals surface area (Å²) in [6.45, 7) is 1.74. The Morgan fingerprint density at radius 1 is 0.973 bits per heavy atom. The molecule has 0 saturated carbocycles. The van der Waals surface area contributed by atoms with Gasteiger partial charge in [-0.05, 0) is 41.8 Å². The van der Waals surface area contributed by atoms with Crippen LogP contribution in [0.3, 0.4) is 0 Å². The van der Waals surface area contributed by atoms with Crippen LogP contribution in [-0.4, -0.2) is 51.5 Å². The van der Waals surface area contributed by atoms with Crippen molar-refractivity contribution in [3.8, 4) is 0 Å². The summed E-state index contributed by atoms with van der Waals surface area (Å²) in [5.41, 5.74) is 7.20. The molecule has 37 heavy (non-hydrogen) atoms. The van der Waals surface area contributed by atoms with Crippen LogP contribution < -0.4 is 11.1 Å². The number of methoxy groups -OCH3 is 1. The van der Waals surface area contributed by atoms with Gasteiger partial charge in [-0.2, -0.15) is 0 Å². The van der Waals surface area contributed by atoms with Crippen LogP contribution in [0.15, 0.2) is 71.6 Å². The zero-order chi connectivity index (χ0) is 27.0. The third kappa shape index (κ3) is 7.71. The molecule has 8 nitrogen and oxygen atoms in total. The Morgan fingerprint density at radius 3 is 2.32 bits per heavy atom. The Balaban J connectivity index is 1.72. The number of hydrogen-bond acceptors (Lipinski definition) is 6. The number of hydrogen-bond donors (Lipinski definition) is 2. The van der Waals surface area contributed by atoms with Crippen molar-refractivity contribution in [1.82, 2.24) is 5.32 Å². The average Bonchev–Trinajstić information content (AvgIpc) is 2.86. The van der Waals surface area contributed by atoms with Crippen LogP contribution in [0.25, 0.3) is 10.8 Å². The van der Waals surface area contributed by atoms with E-state index in [2.05, 4.69) is 5.32 Å². The minimum atomic E-state index is -3.89. The number of sulfone groups is 1. The number of Topliss-reactive ketones (excluding diaryl/α,β-unsaturated/α-hetero) is 1. The van der Waals surface area contributed by atoms with Crippen LogP contribution >= 0.6 is 0 Å². The predicted octanol–water partition coefficient (Wildman–Crippen LogP) is 2.75. The molecular weight excluding hydrogens is 492 g/mol. The number of ether oxygens (including phenoxy) is 1. The van der Waals surface area contributed by atoms with Gasteiger partial charge in [0.25, 0.3) is 0 Å². The minimum Gasteiger partial charge on any atom is -0.382 e. The fourth-order valence-corrected chi connectivity index (χ4v) is 5.73. The molecule has 3 N–H and O–H groups in total. The van der Waals surface area contributed by atoms with Crippen LogP contribution in [0.5, 0.6) is 0 Å². The molecule has 2 amide bonds. The molecule has 0 spiro atoms. The second kappa shape index (κ2) is 12.6. The van der Waals surface area contributed by atoms with Crippen molar-refractivity contribution in [3.63, 3.8) is 0 Å². The number of nitrogens with two attached hydrogens (primary N) is 1. The molecule has 0 heterocycles. The van der Waals surface area contributed by atoms with Crippen molar-refractivity contribution in [2.75, 3.05) is 19.5 Å². The topological polar surface area (TPSA) is 133 Å². The molecule has 0 fully saturated rings. The number of benzene rings is 3. The average molecular weight is 525 g/mol. The summed E-state index contributed by atoms with van der Waals surface area (Å²) in [7, 11) is -2.48. The maximum Gasteiger partial charge on any atom is 0.225 e. The van der Waals surface area contributed by atoms with Gasteiger partial charge >= 0.3 is 0 Å². The lowest BCUT2D eigenvalue weighted by atomic mass is 9.98. The van der Waals surface area contributed by atoms with Gasteiger partial charge in [-0.3, -0.25) is 14.4 Å². The second-order valence-electron chi connectivity index (χ2n) is 9.08. The van der Waals surface area contributed by atoms with Gasteiger partial charge in [0.2, 0.25) is 11.8 Å². The summed E-state index contributed by atoms with van der Waals surface area (Å²) >= 11 is 0. The Morgan fingerprint density at radius 2 is 1.65 bits per heavy atom. The summed E-state index contributed by atoms with van der Waals surface area (Å²) in [6.07, 6.45) is 0.133. The fraction of sp³-hybridized carbons (Fsp3) is 0.321. The van der Waals surface area contributed by atoms with E-state index >= 15 is 0 Å². The van der Waals surface area contributed by atoms with Crippen LogP contribution in [-0.2, 0) is 35.4 Å². The maximum atomic E-state index is 13.1. The summed E-state index contributed by atoms with van der Waals surface area (Å²) in [5.74, 6) is -3.69. The highest BCUT2D eigenvalue weighted by atomic mass is 32.2. The van der Waals surface area contributed by atoms with E-state index in [1.54, 1.807) is 12.1 Å². The lowest BCUT2D eigenvalue weighted by Crippen LogP contribution is -2.48. The van der Waals surface area contributed by atoms with E-state index < -0.39 is 45.8 Å². The van der Waals surface area contributed by atoms with E-state index in [0.717, 1.165) is 21.9 Å². The molecule has 0 aliphatic rings. The largest absolute Gasteiger partial charge is 0.382 e. The number of carbonyl (C=O) groups is 3. The molecule has 3 rings (SSSR count). The molecule has 0 aliphatic heterocycles. The van der Waals surface area contributed by atoms with Crippen molar-refractivity contribution < 1.29 is 27.5 Å². The third-order valence-electron chi connectivity index (χ3n) is 6.18. The van der Waals surface area contributed by atoms with Crippen molar-refractivity contribution in [3.05, 3.63) is 77.9 Å². The molecule has 0 unspecified atom stereocenters. The summed E-state index contributed by atoms with van der Waals surface area (Å²) < 4.78 is 31.0. The van der Waals surface area contributed by atoms with Crippen LogP contribution in [0.2, 0.25) is 0 Å². The number of rotatable bonds is 13. The number of aryl methyl sites for hydroxylation is 2. The Hall–Kier alpha value is -3.56. The number of amides is 2. The fourth-order valence-electron chi connectivity index (χ4n) is 4.19. The molecule has 0 aromatic heterocycles. The SMILES string of the molecule is COC[C@H](NC(=O)[C@H](CC(N)=O)CS(=O)(=O)c1ccc(C)cc1)C(=O)CCc1cccc2ccccc12. The van der Waals surface area contributed by atoms with Gasteiger partial charge in [0.05, 0.1) is 23.2 Å². The molecule has 0 radical (unpaired) electrons. The van der Waals surface area contributed by atoms with Gasteiger partial charge in [0.1, 0.15) is 6.04 Å². The zero-order valence-electron chi connectivity index (χ0n) is 21.0. The van der Waals surface area contributed by atoms with Gasteiger partial charge in [-0.1, -0.05) is 60.2 Å². The Labute approximate surface area is 217 Å². The van der Waals surface area contributed by atoms with E-state index in [9.17, 15) is 22.8 Å². The van der Waals surface area contributed by atoms with Gasteiger partial charge in [0, 0.05) is 20.0 Å². The van der Waals surface area contributed by atoms with Gasteiger partial charge in [-0.15, -0.1) is 0 Å². The molecule has 3 aromatic carbocycles. The highest BCUT2D eigenvalue weighted by Crippen LogP contribution is 2.21. The van der Waals surface area contributed by atoms with Crippen LogP contribution in [0.1, 0.15) is 24.0 Å². The number of carbonyl (C=O) groups excluding carboxylic acids is 3. The number of fused-ring (bicyclic) bond motifs is 1. The van der Waals surface area contributed by atoms with Crippen LogP contribution in [0, 0.1) is 12.8 Å². The summed E-state index contributed by atoms with van der Waals surface area (Å²) in [6, 6.07) is 19.0. The highest BCUT2D eigenvalue weighted by molar-refractivity contribution is 7.91. The predicted molar refractivity (Wildman–Crippen MR) is 142 cm³/mol. The quantitative estimate of drug-likeness (QED) is 0.353. The zero-order valence-corrected chi connectivity index (χ0v) is 21.8. The van der Waals surface area contributed by atoms with Crippen LogP contribution in [0.4, 0.5) is 0 Å². The van der Waals surface area contributed by atoms with E-state index in [-0.39, 0.29) is 23.7 Å². The lowest BCUT2D eigenvalue weighted by Gasteiger charge is -2.21. The number of primary amides is 1. The normalized spacial score (nSPS) is 13.1. The smallest absolute Gasteiger partial charge is 0.225 e. The van der Waals surface area contributed by atoms with Gasteiger partial charge < -0.3 is 15.8 Å². The Kier molecular flexibility index (Phi) is 9.54. The van der Waals surface area contributed by atoms with E-state index in [1.165, 1.54) is 19.2 Å². The van der Waals surface area contributed by atoms with Gasteiger partial charge in [-0.25, -0.2) is 8.42 Å². The molecule has 0 bridgehead atoms. The molecule has 0 saturated heterocycles. The highest BCUT2D eigenvalue weighted by Gasteiger charge is 2.31. The van der Waals surface area contributed by atoms with Crippen molar-refractivity contribution in [2.45, 2.75) is 37.1 Å². The van der Waals surface area contributed by atoms with Crippen molar-refractivity contribution in [2.24, 2.45) is 11.7 Å².